The highest BCUT2D eigenvalue weighted by Crippen LogP contribution is 2.60. The first kappa shape index (κ1) is 25.0. The first-order valence-corrected chi connectivity index (χ1v) is 13.7. The second-order valence-corrected chi connectivity index (χ2v) is 12.2. The number of nitrogens with zero attached hydrogens (tertiary/aromatic N) is 2. The van der Waals surface area contributed by atoms with Gasteiger partial charge in [-0.15, -0.1) is 0 Å². The molecule has 0 aromatic carbocycles. The van der Waals surface area contributed by atoms with Gasteiger partial charge in [0.05, 0.1) is 5.41 Å². The van der Waals surface area contributed by atoms with Crippen LogP contribution >= 0.6 is 0 Å². The Hall–Kier alpha value is -2.64. The first-order chi connectivity index (χ1) is 17.3. The molecule has 5 aliphatic rings. The van der Waals surface area contributed by atoms with E-state index in [4.69, 9.17) is 4.74 Å². The average molecular weight is 497 g/mol. The van der Waals surface area contributed by atoms with Crippen LogP contribution in [0.15, 0.2) is 24.5 Å². The molecular formula is C28H40N4O4. The highest BCUT2D eigenvalue weighted by Gasteiger charge is 2.56. The van der Waals surface area contributed by atoms with Crippen LogP contribution in [0.5, 0.6) is 0 Å². The minimum Gasteiger partial charge on any atom is -0.445 e. The zero-order valence-corrected chi connectivity index (χ0v) is 21.6. The third kappa shape index (κ3) is 5.52. The molecule has 1 aromatic heterocycles. The maximum absolute atomic E-state index is 13.7. The van der Waals surface area contributed by atoms with Crippen LogP contribution in [0, 0.1) is 29.1 Å². The van der Waals surface area contributed by atoms with Crippen molar-refractivity contribution in [2.45, 2.75) is 83.9 Å². The maximum Gasteiger partial charge on any atom is 0.408 e. The van der Waals surface area contributed by atoms with E-state index >= 15 is 0 Å². The Labute approximate surface area is 213 Å². The highest BCUT2D eigenvalue weighted by molar-refractivity contribution is 5.86. The molecule has 1 aliphatic heterocycles. The number of pyridine rings is 1. The van der Waals surface area contributed by atoms with Crippen LogP contribution in [-0.4, -0.2) is 53.0 Å². The number of carbonyl (C=O) groups is 3. The molecule has 0 unspecified atom stereocenters. The van der Waals surface area contributed by atoms with Crippen LogP contribution in [0.4, 0.5) is 4.79 Å². The van der Waals surface area contributed by atoms with Crippen molar-refractivity contribution in [2.75, 3.05) is 13.1 Å². The number of hydrogen-bond donors (Lipinski definition) is 2. The molecule has 196 valence electrons. The van der Waals surface area contributed by atoms with E-state index in [0.717, 1.165) is 49.0 Å². The van der Waals surface area contributed by atoms with Gasteiger partial charge in [0, 0.05) is 31.5 Å². The van der Waals surface area contributed by atoms with Gasteiger partial charge in [-0.3, -0.25) is 14.6 Å². The molecule has 4 bridgehead atoms. The number of ether oxygens (including phenoxy) is 1. The Morgan fingerprint density at radius 3 is 2.33 bits per heavy atom. The van der Waals surface area contributed by atoms with Crippen molar-refractivity contribution >= 4 is 17.9 Å². The van der Waals surface area contributed by atoms with Gasteiger partial charge in [-0.1, -0.05) is 13.8 Å². The largest absolute Gasteiger partial charge is 0.445 e. The van der Waals surface area contributed by atoms with Gasteiger partial charge in [0.1, 0.15) is 12.6 Å². The molecule has 0 radical (unpaired) electrons. The normalized spacial score (nSPS) is 31.4. The van der Waals surface area contributed by atoms with E-state index < -0.39 is 12.1 Å². The molecule has 6 rings (SSSR count). The molecule has 0 spiro atoms. The van der Waals surface area contributed by atoms with Crippen LogP contribution in [-0.2, 0) is 20.9 Å². The molecule has 2 N–H and O–H groups in total. The predicted octanol–water partition coefficient (Wildman–Crippen LogP) is 3.66. The van der Waals surface area contributed by atoms with Gasteiger partial charge >= 0.3 is 6.09 Å². The van der Waals surface area contributed by atoms with Gasteiger partial charge in [0.2, 0.25) is 11.8 Å². The molecule has 3 amide bonds. The molecule has 8 nitrogen and oxygen atoms in total. The summed E-state index contributed by atoms with van der Waals surface area (Å²) in [5.74, 6) is 2.55. The summed E-state index contributed by atoms with van der Waals surface area (Å²) >= 11 is 0. The molecule has 8 heteroatoms. The minimum absolute atomic E-state index is 0.0836. The number of carbonyl (C=O) groups excluding carboxylic acids is 3. The fraction of sp³-hybridized carbons (Fsp3) is 0.714. The summed E-state index contributed by atoms with van der Waals surface area (Å²) in [4.78, 5) is 45.2. The van der Waals surface area contributed by atoms with Crippen molar-refractivity contribution in [2.24, 2.45) is 29.1 Å². The number of alkyl carbamates (subject to hydrolysis) is 1. The lowest BCUT2D eigenvalue weighted by Gasteiger charge is -2.56. The third-order valence-electron chi connectivity index (χ3n) is 8.75. The molecule has 1 saturated heterocycles. The molecule has 36 heavy (non-hydrogen) atoms. The van der Waals surface area contributed by atoms with E-state index in [9.17, 15) is 14.4 Å². The van der Waals surface area contributed by atoms with Gasteiger partial charge in [-0.2, -0.15) is 0 Å². The van der Waals surface area contributed by atoms with E-state index in [1.807, 2.05) is 18.7 Å². The summed E-state index contributed by atoms with van der Waals surface area (Å²) in [6, 6.07) is 2.80. The van der Waals surface area contributed by atoms with Crippen molar-refractivity contribution in [3.63, 3.8) is 0 Å². The number of nitrogens with one attached hydrogen (secondary N) is 2. The lowest BCUT2D eigenvalue weighted by atomic mass is 9.49. The quantitative estimate of drug-likeness (QED) is 0.572. The Morgan fingerprint density at radius 1 is 1.08 bits per heavy atom. The monoisotopic (exact) mass is 496 g/mol. The summed E-state index contributed by atoms with van der Waals surface area (Å²) in [6.45, 7) is 5.42. The van der Waals surface area contributed by atoms with Crippen molar-refractivity contribution in [1.82, 2.24) is 20.5 Å². The summed E-state index contributed by atoms with van der Waals surface area (Å²) in [5.41, 5.74) is 0.688. The maximum atomic E-state index is 13.7. The zero-order chi connectivity index (χ0) is 25.3. The number of hydrogen-bond acceptors (Lipinski definition) is 5. The number of rotatable bonds is 8. The zero-order valence-electron chi connectivity index (χ0n) is 21.6. The number of amides is 3. The van der Waals surface area contributed by atoms with E-state index in [-0.39, 0.29) is 29.9 Å². The fourth-order valence-corrected chi connectivity index (χ4v) is 7.59. The van der Waals surface area contributed by atoms with Gasteiger partial charge < -0.3 is 20.3 Å². The van der Waals surface area contributed by atoms with Crippen LogP contribution < -0.4 is 10.6 Å². The third-order valence-corrected chi connectivity index (χ3v) is 8.75. The molecule has 2 heterocycles. The fourth-order valence-electron chi connectivity index (χ4n) is 7.59. The Kier molecular flexibility index (Phi) is 7.22. The predicted molar refractivity (Wildman–Crippen MR) is 135 cm³/mol. The molecule has 4 saturated carbocycles. The summed E-state index contributed by atoms with van der Waals surface area (Å²) < 4.78 is 5.32. The van der Waals surface area contributed by atoms with Crippen LogP contribution in [0.1, 0.15) is 70.8 Å². The number of likely N-dealkylation sites (tertiary alicyclic amines) is 1. The lowest BCUT2D eigenvalue weighted by Crippen LogP contribution is -2.55. The second-order valence-electron chi connectivity index (χ2n) is 12.2. The van der Waals surface area contributed by atoms with Gasteiger partial charge in [0.25, 0.3) is 0 Å². The van der Waals surface area contributed by atoms with Gasteiger partial charge in [-0.05, 0) is 92.7 Å². The number of aromatic nitrogens is 1. The van der Waals surface area contributed by atoms with Crippen molar-refractivity contribution in [3.8, 4) is 0 Å². The van der Waals surface area contributed by atoms with Gasteiger partial charge in [0.15, 0.2) is 0 Å². The lowest BCUT2D eigenvalue weighted by molar-refractivity contribution is -0.156. The highest BCUT2D eigenvalue weighted by atomic mass is 16.5. The average Bonchev–Trinajstić information content (AvgIpc) is 3.29. The van der Waals surface area contributed by atoms with Crippen LogP contribution in [0.2, 0.25) is 0 Å². The van der Waals surface area contributed by atoms with Crippen LogP contribution in [0.25, 0.3) is 0 Å². The summed E-state index contributed by atoms with van der Waals surface area (Å²) in [7, 11) is 0. The Morgan fingerprint density at radius 2 is 1.72 bits per heavy atom. The smallest absolute Gasteiger partial charge is 0.408 e. The topological polar surface area (TPSA) is 101 Å². The Bertz CT molecular complexity index is 930. The van der Waals surface area contributed by atoms with E-state index in [1.165, 1.54) is 19.3 Å². The van der Waals surface area contributed by atoms with Crippen molar-refractivity contribution in [3.05, 3.63) is 30.1 Å². The summed E-state index contributed by atoms with van der Waals surface area (Å²) in [5, 5.41) is 5.86. The Balaban J connectivity index is 1.14. The van der Waals surface area contributed by atoms with Crippen molar-refractivity contribution in [1.29, 1.82) is 0 Å². The van der Waals surface area contributed by atoms with Crippen LogP contribution in [0.3, 0.4) is 0 Å². The van der Waals surface area contributed by atoms with Crippen molar-refractivity contribution < 1.29 is 19.1 Å². The standard InChI is InChI=1S/C28H40N4O4/c1-18(2)9-24(31-27(35)36-17-19-3-6-29-7-4-19)25(33)30-23-5-8-32(16-23)26(34)28-13-20-10-21(14-28)12-22(11-20)15-28/h3-4,6-7,18,20-24H,5,8-17H2,1-2H3,(H,30,33)(H,31,35)/t20?,21?,22?,23-,24-,28?/m0/s1. The summed E-state index contributed by atoms with van der Waals surface area (Å²) in [6.07, 6.45) is 11.1. The molecule has 4 aliphatic carbocycles. The molecule has 1 aromatic rings. The molecule has 2 atom stereocenters. The SMILES string of the molecule is CC(C)C[C@H](NC(=O)OCc1ccncc1)C(=O)N[C@H]1CCN(C(=O)C23CC4CC(CC(C4)C2)C3)C1. The molecular weight excluding hydrogens is 456 g/mol. The first-order valence-electron chi connectivity index (χ1n) is 13.7. The van der Waals surface area contributed by atoms with E-state index in [1.54, 1.807) is 24.5 Å². The van der Waals surface area contributed by atoms with E-state index in [0.29, 0.717) is 25.4 Å². The second kappa shape index (κ2) is 10.4. The molecule has 5 fully saturated rings. The minimum atomic E-state index is -0.678. The van der Waals surface area contributed by atoms with E-state index in [2.05, 4.69) is 15.6 Å². The van der Waals surface area contributed by atoms with Gasteiger partial charge in [-0.25, -0.2) is 4.79 Å².